The molecule has 0 aliphatic rings. The standard InChI is InChI=1S/C22H17BrN4/c1-14-11-16(15(2)27(14)21-10-6-3-7-18(21)23)12-17(13-24)22-25-19-8-4-5-9-20(19)26-22/h3-12H,1-2H3,(H,25,26)/b17-12-. The molecule has 4 rings (SSSR count). The number of hydrogen-bond acceptors (Lipinski definition) is 2. The number of allylic oxidation sites excluding steroid dienone is 1. The number of para-hydroxylation sites is 3. The Morgan fingerprint density at radius 1 is 1.15 bits per heavy atom. The molecule has 0 spiro atoms. The van der Waals surface area contributed by atoms with Gasteiger partial charge < -0.3 is 9.55 Å². The van der Waals surface area contributed by atoms with Gasteiger partial charge in [0, 0.05) is 15.9 Å². The van der Waals surface area contributed by atoms with Crippen molar-refractivity contribution in [2.75, 3.05) is 0 Å². The number of rotatable bonds is 3. The number of nitrogens with zero attached hydrogens (tertiary/aromatic N) is 3. The molecule has 0 atom stereocenters. The van der Waals surface area contributed by atoms with Crippen molar-refractivity contribution in [3.05, 3.63) is 81.8 Å². The molecule has 2 heterocycles. The molecule has 5 heteroatoms. The highest BCUT2D eigenvalue weighted by atomic mass is 79.9. The fourth-order valence-electron chi connectivity index (χ4n) is 3.33. The minimum Gasteiger partial charge on any atom is -0.337 e. The van der Waals surface area contributed by atoms with Crippen LogP contribution in [-0.4, -0.2) is 14.5 Å². The van der Waals surface area contributed by atoms with Gasteiger partial charge in [-0.15, -0.1) is 0 Å². The minimum absolute atomic E-state index is 0.513. The molecule has 2 aromatic carbocycles. The summed E-state index contributed by atoms with van der Waals surface area (Å²) in [5, 5.41) is 9.70. The van der Waals surface area contributed by atoms with E-state index >= 15 is 0 Å². The van der Waals surface area contributed by atoms with E-state index in [1.54, 1.807) is 0 Å². The van der Waals surface area contributed by atoms with Crippen molar-refractivity contribution in [2.24, 2.45) is 0 Å². The summed E-state index contributed by atoms with van der Waals surface area (Å²) in [6.07, 6.45) is 1.90. The van der Waals surface area contributed by atoms with Gasteiger partial charge in [0.05, 0.1) is 22.3 Å². The summed E-state index contributed by atoms with van der Waals surface area (Å²) in [4.78, 5) is 7.78. The van der Waals surface area contributed by atoms with Gasteiger partial charge in [0.2, 0.25) is 0 Å². The van der Waals surface area contributed by atoms with Crippen LogP contribution in [0.25, 0.3) is 28.4 Å². The summed E-state index contributed by atoms with van der Waals surface area (Å²) in [6, 6.07) is 20.3. The summed E-state index contributed by atoms with van der Waals surface area (Å²) in [6.45, 7) is 4.13. The second-order valence-electron chi connectivity index (χ2n) is 6.39. The lowest BCUT2D eigenvalue weighted by Crippen LogP contribution is -1.99. The van der Waals surface area contributed by atoms with Gasteiger partial charge in [0.15, 0.2) is 0 Å². The van der Waals surface area contributed by atoms with Crippen LogP contribution in [0.5, 0.6) is 0 Å². The van der Waals surface area contributed by atoms with Crippen molar-refractivity contribution < 1.29 is 0 Å². The van der Waals surface area contributed by atoms with E-state index in [0.29, 0.717) is 11.4 Å². The average Bonchev–Trinajstić information content (AvgIpc) is 3.21. The third-order valence-electron chi connectivity index (χ3n) is 4.63. The predicted octanol–water partition coefficient (Wildman–Crippen LogP) is 5.80. The number of aromatic nitrogens is 3. The van der Waals surface area contributed by atoms with Crippen molar-refractivity contribution >= 4 is 38.6 Å². The molecular weight excluding hydrogens is 400 g/mol. The smallest absolute Gasteiger partial charge is 0.149 e. The zero-order valence-electron chi connectivity index (χ0n) is 15.0. The first-order valence-electron chi connectivity index (χ1n) is 8.59. The van der Waals surface area contributed by atoms with Crippen LogP contribution < -0.4 is 0 Å². The molecule has 0 unspecified atom stereocenters. The number of nitriles is 1. The Labute approximate surface area is 165 Å². The molecular formula is C22H17BrN4. The van der Waals surface area contributed by atoms with Gasteiger partial charge in [-0.3, -0.25) is 0 Å². The SMILES string of the molecule is Cc1cc(/C=C(/C#N)c2nc3ccccc3[nH]2)c(C)n1-c1ccccc1Br. The molecule has 4 nitrogen and oxygen atoms in total. The van der Waals surface area contributed by atoms with Gasteiger partial charge in [0.1, 0.15) is 11.9 Å². The topological polar surface area (TPSA) is 57.4 Å². The van der Waals surface area contributed by atoms with E-state index in [-0.39, 0.29) is 0 Å². The molecule has 0 aliphatic carbocycles. The summed E-state index contributed by atoms with van der Waals surface area (Å²) in [7, 11) is 0. The van der Waals surface area contributed by atoms with E-state index in [2.05, 4.69) is 62.5 Å². The van der Waals surface area contributed by atoms with Crippen LogP contribution in [0, 0.1) is 25.2 Å². The molecule has 0 radical (unpaired) electrons. The van der Waals surface area contributed by atoms with E-state index in [1.807, 2.05) is 48.5 Å². The third-order valence-corrected chi connectivity index (χ3v) is 5.30. The maximum atomic E-state index is 9.70. The highest BCUT2D eigenvalue weighted by molar-refractivity contribution is 9.10. The number of aromatic amines is 1. The molecule has 0 aliphatic heterocycles. The molecule has 0 bridgehead atoms. The number of H-pyrrole nitrogens is 1. The second-order valence-corrected chi connectivity index (χ2v) is 7.24. The van der Waals surface area contributed by atoms with Crippen LogP contribution in [0.3, 0.4) is 0 Å². The van der Waals surface area contributed by atoms with Gasteiger partial charge in [0.25, 0.3) is 0 Å². The lowest BCUT2D eigenvalue weighted by molar-refractivity contribution is 0.959. The number of hydrogen-bond donors (Lipinski definition) is 1. The number of benzene rings is 2. The van der Waals surface area contributed by atoms with Crippen LogP contribution in [0.15, 0.2) is 59.1 Å². The van der Waals surface area contributed by atoms with Crippen LogP contribution in [0.1, 0.15) is 22.8 Å². The Hall–Kier alpha value is -3.10. The van der Waals surface area contributed by atoms with E-state index in [1.165, 1.54) is 0 Å². The highest BCUT2D eigenvalue weighted by Crippen LogP contribution is 2.28. The van der Waals surface area contributed by atoms with Gasteiger partial charge in [-0.05, 0) is 71.7 Å². The fraction of sp³-hybridized carbons (Fsp3) is 0.0909. The van der Waals surface area contributed by atoms with Crippen molar-refractivity contribution in [3.63, 3.8) is 0 Å². The molecule has 4 aromatic rings. The lowest BCUT2D eigenvalue weighted by Gasteiger charge is -2.11. The molecule has 0 fully saturated rings. The van der Waals surface area contributed by atoms with E-state index < -0.39 is 0 Å². The Balaban J connectivity index is 1.82. The van der Waals surface area contributed by atoms with Gasteiger partial charge in [-0.25, -0.2) is 4.98 Å². The zero-order chi connectivity index (χ0) is 19.0. The molecule has 0 saturated heterocycles. The highest BCUT2D eigenvalue weighted by Gasteiger charge is 2.14. The number of aryl methyl sites for hydroxylation is 1. The number of nitrogens with one attached hydrogen (secondary N) is 1. The summed E-state index contributed by atoms with van der Waals surface area (Å²) >= 11 is 3.63. The Bertz CT molecular complexity index is 1190. The van der Waals surface area contributed by atoms with E-state index in [0.717, 1.165) is 38.1 Å². The zero-order valence-corrected chi connectivity index (χ0v) is 16.6. The van der Waals surface area contributed by atoms with Crippen LogP contribution in [0.2, 0.25) is 0 Å². The summed E-state index contributed by atoms with van der Waals surface area (Å²) in [5.41, 5.74) is 6.55. The van der Waals surface area contributed by atoms with Gasteiger partial charge in [-0.1, -0.05) is 24.3 Å². The maximum Gasteiger partial charge on any atom is 0.149 e. The summed E-state index contributed by atoms with van der Waals surface area (Å²) in [5.74, 6) is 0.587. The van der Waals surface area contributed by atoms with Gasteiger partial charge in [-0.2, -0.15) is 5.26 Å². The van der Waals surface area contributed by atoms with Crippen molar-refractivity contribution in [2.45, 2.75) is 13.8 Å². The van der Waals surface area contributed by atoms with Crippen LogP contribution in [-0.2, 0) is 0 Å². The molecule has 27 heavy (non-hydrogen) atoms. The normalized spacial score (nSPS) is 11.7. The minimum atomic E-state index is 0.513. The largest absolute Gasteiger partial charge is 0.337 e. The maximum absolute atomic E-state index is 9.70. The van der Waals surface area contributed by atoms with Crippen LogP contribution >= 0.6 is 15.9 Å². The third kappa shape index (κ3) is 3.09. The number of halogens is 1. The van der Waals surface area contributed by atoms with Crippen molar-refractivity contribution in [1.82, 2.24) is 14.5 Å². The molecule has 1 N–H and O–H groups in total. The van der Waals surface area contributed by atoms with Crippen molar-refractivity contribution in [1.29, 1.82) is 5.26 Å². The average molecular weight is 417 g/mol. The first-order valence-corrected chi connectivity index (χ1v) is 9.38. The first kappa shape index (κ1) is 17.3. The van der Waals surface area contributed by atoms with Crippen molar-refractivity contribution in [3.8, 4) is 11.8 Å². The quantitative estimate of drug-likeness (QED) is 0.429. The van der Waals surface area contributed by atoms with Crippen LogP contribution in [0.4, 0.5) is 0 Å². The molecule has 2 aromatic heterocycles. The fourth-order valence-corrected chi connectivity index (χ4v) is 3.79. The first-order chi connectivity index (χ1) is 13.1. The Morgan fingerprint density at radius 3 is 2.63 bits per heavy atom. The van der Waals surface area contributed by atoms with E-state index in [9.17, 15) is 5.26 Å². The molecule has 0 amide bonds. The summed E-state index contributed by atoms with van der Waals surface area (Å²) < 4.78 is 3.21. The predicted molar refractivity (Wildman–Crippen MR) is 113 cm³/mol. The molecule has 0 saturated carbocycles. The number of fused-ring (bicyclic) bond motifs is 1. The van der Waals surface area contributed by atoms with Gasteiger partial charge >= 0.3 is 0 Å². The Kier molecular flexibility index (Phi) is 4.43. The monoisotopic (exact) mass is 416 g/mol. The van der Waals surface area contributed by atoms with E-state index in [4.69, 9.17) is 0 Å². The Morgan fingerprint density at radius 2 is 1.89 bits per heavy atom. The lowest BCUT2D eigenvalue weighted by atomic mass is 10.1. The second kappa shape index (κ2) is 6.90. The molecule has 132 valence electrons. The number of imidazole rings is 1.